The number of hydrogen-bond donors (Lipinski definition) is 1. The van der Waals surface area contributed by atoms with E-state index < -0.39 is 11.9 Å². The van der Waals surface area contributed by atoms with Crippen LogP contribution in [0.2, 0.25) is 0 Å². The molecule has 0 bridgehead atoms. The van der Waals surface area contributed by atoms with Crippen molar-refractivity contribution in [3.8, 4) is 0 Å². The summed E-state index contributed by atoms with van der Waals surface area (Å²) in [4.78, 5) is 36.9. The first kappa shape index (κ1) is 17.0. The lowest BCUT2D eigenvalue weighted by Crippen LogP contribution is -2.37. The summed E-state index contributed by atoms with van der Waals surface area (Å²) in [5.74, 6) is -0.342. The molecule has 23 heavy (non-hydrogen) atoms. The van der Waals surface area contributed by atoms with Crippen molar-refractivity contribution < 1.29 is 19.1 Å². The van der Waals surface area contributed by atoms with Crippen LogP contribution in [0.4, 0.5) is 5.69 Å². The van der Waals surface area contributed by atoms with Crippen LogP contribution in [0.1, 0.15) is 36.5 Å². The Balaban J connectivity index is 1.92. The first-order valence-corrected chi connectivity index (χ1v) is 7.75. The molecule has 1 aliphatic rings. The molecule has 1 aromatic rings. The van der Waals surface area contributed by atoms with E-state index in [1.807, 2.05) is 4.90 Å². The van der Waals surface area contributed by atoms with Gasteiger partial charge in [-0.2, -0.15) is 0 Å². The molecule has 1 aliphatic heterocycles. The normalized spacial score (nSPS) is 15.1. The molecule has 6 nitrogen and oxygen atoms in total. The van der Waals surface area contributed by atoms with E-state index in [1.165, 1.54) is 7.11 Å². The van der Waals surface area contributed by atoms with Gasteiger partial charge in [-0.15, -0.1) is 0 Å². The number of amides is 2. The predicted octanol–water partition coefficient (Wildman–Crippen LogP) is 2.06. The number of methoxy groups -OCH3 is 1. The zero-order chi connectivity index (χ0) is 16.8. The van der Waals surface area contributed by atoms with Gasteiger partial charge in [0.15, 0.2) is 0 Å². The third kappa shape index (κ3) is 4.81. The van der Waals surface area contributed by atoms with Crippen molar-refractivity contribution in [3.05, 3.63) is 29.8 Å². The largest absolute Gasteiger partial charge is 0.469 e. The SMILES string of the molecule is COC(=O)CC(=O)Nc1ccc(C(=O)N2CCC(C)CC2)cc1. The second-order valence-corrected chi connectivity index (χ2v) is 5.85. The molecule has 1 heterocycles. The molecule has 0 spiro atoms. The molecular weight excluding hydrogens is 296 g/mol. The van der Waals surface area contributed by atoms with Crippen molar-refractivity contribution in [1.82, 2.24) is 4.90 Å². The topological polar surface area (TPSA) is 75.7 Å². The smallest absolute Gasteiger partial charge is 0.315 e. The summed E-state index contributed by atoms with van der Waals surface area (Å²) in [7, 11) is 1.23. The van der Waals surface area contributed by atoms with E-state index in [0.717, 1.165) is 25.9 Å². The van der Waals surface area contributed by atoms with Gasteiger partial charge in [0.05, 0.1) is 7.11 Å². The van der Waals surface area contributed by atoms with Gasteiger partial charge in [-0.3, -0.25) is 14.4 Å². The number of likely N-dealkylation sites (tertiary alicyclic amines) is 1. The molecule has 0 atom stereocenters. The Bertz CT molecular complexity index is 575. The van der Waals surface area contributed by atoms with Crippen molar-refractivity contribution >= 4 is 23.5 Å². The minimum absolute atomic E-state index is 0.0179. The number of anilines is 1. The molecule has 1 N–H and O–H groups in total. The summed E-state index contributed by atoms with van der Waals surface area (Å²) in [6.07, 6.45) is 1.74. The van der Waals surface area contributed by atoms with E-state index in [4.69, 9.17) is 0 Å². The second kappa shape index (κ2) is 7.76. The molecule has 2 amide bonds. The summed E-state index contributed by atoms with van der Waals surface area (Å²) < 4.78 is 4.43. The number of carbonyl (C=O) groups is 3. The minimum Gasteiger partial charge on any atom is -0.469 e. The van der Waals surface area contributed by atoms with E-state index in [1.54, 1.807) is 24.3 Å². The van der Waals surface area contributed by atoms with E-state index in [9.17, 15) is 14.4 Å². The summed E-state index contributed by atoms with van der Waals surface area (Å²) in [6.45, 7) is 3.78. The standard InChI is InChI=1S/C17H22N2O4/c1-12-7-9-19(10-8-12)17(22)13-3-5-14(6-4-13)18-15(20)11-16(21)23-2/h3-6,12H,7-11H2,1-2H3,(H,18,20). The van der Waals surface area contributed by atoms with Crippen LogP contribution < -0.4 is 5.32 Å². The number of ether oxygens (including phenoxy) is 1. The maximum atomic E-state index is 12.4. The summed E-state index contributed by atoms with van der Waals surface area (Å²) in [5.41, 5.74) is 1.15. The van der Waals surface area contributed by atoms with E-state index in [0.29, 0.717) is 17.2 Å². The molecule has 1 saturated heterocycles. The summed E-state index contributed by atoms with van der Waals surface area (Å²) in [5, 5.41) is 2.59. The number of carbonyl (C=O) groups excluding carboxylic acids is 3. The Morgan fingerprint density at radius 3 is 2.35 bits per heavy atom. The monoisotopic (exact) mass is 318 g/mol. The number of piperidine rings is 1. The lowest BCUT2D eigenvalue weighted by Gasteiger charge is -2.30. The van der Waals surface area contributed by atoms with E-state index >= 15 is 0 Å². The fourth-order valence-electron chi connectivity index (χ4n) is 2.50. The van der Waals surface area contributed by atoms with Crippen LogP contribution in [0.25, 0.3) is 0 Å². The molecule has 0 saturated carbocycles. The lowest BCUT2D eigenvalue weighted by atomic mass is 9.98. The Kier molecular flexibility index (Phi) is 5.73. The maximum absolute atomic E-state index is 12.4. The van der Waals surface area contributed by atoms with Crippen molar-refractivity contribution in [2.45, 2.75) is 26.2 Å². The number of hydrogen-bond acceptors (Lipinski definition) is 4. The Morgan fingerprint density at radius 2 is 1.78 bits per heavy atom. The van der Waals surface area contributed by atoms with Crippen molar-refractivity contribution in [2.24, 2.45) is 5.92 Å². The number of benzene rings is 1. The number of nitrogens with one attached hydrogen (secondary N) is 1. The van der Waals surface area contributed by atoms with Crippen LogP contribution in [0.5, 0.6) is 0 Å². The summed E-state index contributed by atoms with van der Waals surface area (Å²) >= 11 is 0. The van der Waals surface area contributed by atoms with E-state index in [-0.39, 0.29) is 12.3 Å². The molecular formula is C17H22N2O4. The first-order valence-electron chi connectivity index (χ1n) is 7.75. The molecule has 2 rings (SSSR count). The van der Waals surface area contributed by atoms with Gasteiger partial charge in [0.1, 0.15) is 6.42 Å². The Hall–Kier alpha value is -2.37. The zero-order valence-electron chi connectivity index (χ0n) is 13.5. The molecule has 6 heteroatoms. The van der Waals surface area contributed by atoms with Gasteiger partial charge in [0, 0.05) is 24.3 Å². The highest BCUT2D eigenvalue weighted by Crippen LogP contribution is 2.19. The fraction of sp³-hybridized carbons (Fsp3) is 0.471. The summed E-state index contributed by atoms with van der Waals surface area (Å²) in [6, 6.07) is 6.70. The van der Waals surface area contributed by atoms with Gasteiger partial charge < -0.3 is 15.0 Å². The van der Waals surface area contributed by atoms with Gasteiger partial charge in [-0.25, -0.2) is 0 Å². The van der Waals surface area contributed by atoms with Gasteiger partial charge >= 0.3 is 5.97 Å². The Morgan fingerprint density at radius 1 is 1.17 bits per heavy atom. The quantitative estimate of drug-likeness (QED) is 0.681. The molecule has 0 radical (unpaired) electrons. The second-order valence-electron chi connectivity index (χ2n) is 5.85. The molecule has 1 fully saturated rings. The van der Waals surface area contributed by atoms with Gasteiger partial charge in [-0.1, -0.05) is 6.92 Å². The average Bonchev–Trinajstić information content (AvgIpc) is 2.55. The van der Waals surface area contributed by atoms with Crippen LogP contribution in [0.15, 0.2) is 24.3 Å². The number of rotatable bonds is 4. The first-order chi connectivity index (χ1) is 11.0. The van der Waals surface area contributed by atoms with Crippen LogP contribution in [-0.4, -0.2) is 42.9 Å². The molecule has 0 aromatic heterocycles. The minimum atomic E-state index is -0.589. The fourth-order valence-corrected chi connectivity index (χ4v) is 2.50. The highest BCUT2D eigenvalue weighted by atomic mass is 16.5. The maximum Gasteiger partial charge on any atom is 0.315 e. The molecule has 0 aliphatic carbocycles. The molecule has 124 valence electrons. The lowest BCUT2D eigenvalue weighted by molar-refractivity contribution is -0.142. The van der Waals surface area contributed by atoms with E-state index in [2.05, 4.69) is 17.0 Å². The highest BCUT2D eigenvalue weighted by Gasteiger charge is 2.21. The average molecular weight is 318 g/mol. The van der Waals surface area contributed by atoms with Gasteiger partial charge in [-0.05, 0) is 43.0 Å². The number of esters is 1. The molecule has 0 unspecified atom stereocenters. The molecule has 1 aromatic carbocycles. The third-order valence-corrected chi connectivity index (χ3v) is 4.02. The number of nitrogens with zero attached hydrogens (tertiary/aromatic N) is 1. The van der Waals surface area contributed by atoms with Crippen molar-refractivity contribution in [3.63, 3.8) is 0 Å². The third-order valence-electron chi connectivity index (χ3n) is 4.02. The van der Waals surface area contributed by atoms with Gasteiger partial charge in [0.2, 0.25) is 5.91 Å². The van der Waals surface area contributed by atoms with Crippen LogP contribution >= 0.6 is 0 Å². The van der Waals surface area contributed by atoms with Crippen molar-refractivity contribution in [2.75, 3.05) is 25.5 Å². The van der Waals surface area contributed by atoms with Gasteiger partial charge in [0.25, 0.3) is 5.91 Å². The highest BCUT2D eigenvalue weighted by molar-refractivity contribution is 6.02. The predicted molar refractivity (Wildman–Crippen MR) is 86.0 cm³/mol. The van der Waals surface area contributed by atoms with Crippen LogP contribution in [0.3, 0.4) is 0 Å². The zero-order valence-corrected chi connectivity index (χ0v) is 13.5. The van der Waals surface area contributed by atoms with Crippen molar-refractivity contribution in [1.29, 1.82) is 0 Å². The van der Waals surface area contributed by atoms with Crippen LogP contribution in [0, 0.1) is 5.92 Å². The van der Waals surface area contributed by atoms with Crippen LogP contribution in [-0.2, 0) is 14.3 Å². The Labute approximate surface area is 135 Å².